The van der Waals surface area contributed by atoms with Gasteiger partial charge in [-0.2, -0.15) is 0 Å². The van der Waals surface area contributed by atoms with E-state index >= 15 is 0 Å². The Morgan fingerprint density at radius 3 is 2.42 bits per heavy atom. The fourth-order valence-electron chi connectivity index (χ4n) is 4.44. The average molecular weight is 573 g/mol. The molecule has 13 heteroatoms. The largest absolute Gasteiger partial charge is 0.382 e. The highest BCUT2D eigenvalue weighted by molar-refractivity contribution is 7.89. The molecule has 0 spiro atoms. The number of halogens is 2. The summed E-state index contributed by atoms with van der Waals surface area (Å²) in [6.45, 7) is 9.70. The van der Waals surface area contributed by atoms with E-state index in [0.717, 1.165) is 56.1 Å². The summed E-state index contributed by atoms with van der Waals surface area (Å²) in [5.41, 5.74) is 5.21. The molecule has 0 saturated carbocycles. The second-order valence-corrected chi connectivity index (χ2v) is 12.4. The van der Waals surface area contributed by atoms with Crippen molar-refractivity contribution >= 4 is 38.1 Å². The van der Waals surface area contributed by atoms with Crippen molar-refractivity contribution in [1.29, 1.82) is 0 Å². The van der Waals surface area contributed by atoms with Crippen LogP contribution in [0, 0.1) is 11.6 Å². The lowest BCUT2D eigenvalue weighted by Crippen LogP contribution is -2.43. The lowest BCUT2D eigenvalue weighted by Gasteiger charge is -2.31. The first kappa shape index (κ1) is 30.4. The molecule has 1 fully saturated rings. The maximum Gasteiger partial charge on any atom is 0.214 e. The Bertz CT molecular complexity index is 1150. The number of benzene rings is 1. The van der Waals surface area contributed by atoms with Crippen LogP contribution in [-0.4, -0.2) is 86.0 Å². The minimum Gasteiger partial charge on any atom is -0.382 e. The number of anilines is 2. The van der Waals surface area contributed by atoms with Crippen molar-refractivity contribution in [3.8, 4) is 0 Å². The Labute approximate surface area is 227 Å². The number of sulfonamides is 1. The zero-order chi connectivity index (χ0) is 27.7. The quantitative estimate of drug-likeness (QED) is 0.220. The van der Waals surface area contributed by atoms with E-state index in [9.17, 15) is 22.0 Å². The fraction of sp³-hybridized carbons (Fsp3) is 0.600. The number of hydrogen-bond donors (Lipinski definition) is 3. The number of hydrogen-bond acceptors (Lipinski definition) is 9. The van der Waals surface area contributed by atoms with Gasteiger partial charge in [0.15, 0.2) is 5.13 Å². The smallest absolute Gasteiger partial charge is 0.214 e. The van der Waals surface area contributed by atoms with Gasteiger partial charge in [-0.1, -0.05) is 31.3 Å². The minimum absolute atomic E-state index is 0.0434. The van der Waals surface area contributed by atoms with Gasteiger partial charge in [0, 0.05) is 19.1 Å². The lowest BCUT2D eigenvalue weighted by atomic mass is 10.1. The van der Waals surface area contributed by atoms with E-state index in [2.05, 4.69) is 34.4 Å². The summed E-state index contributed by atoms with van der Waals surface area (Å²) < 4.78 is 55.1. The summed E-state index contributed by atoms with van der Waals surface area (Å²) in [4.78, 5) is 19.1. The predicted octanol–water partition coefficient (Wildman–Crippen LogP) is 3.15. The van der Waals surface area contributed by atoms with Crippen LogP contribution in [0.5, 0.6) is 0 Å². The van der Waals surface area contributed by atoms with E-state index < -0.39 is 33.0 Å². The van der Waals surface area contributed by atoms with Gasteiger partial charge in [0.1, 0.15) is 22.3 Å². The molecule has 1 aromatic heterocycles. The number of rotatable bonds is 15. The van der Waals surface area contributed by atoms with Crippen LogP contribution >= 0.6 is 11.3 Å². The zero-order valence-corrected chi connectivity index (χ0v) is 23.6. The Hall–Kier alpha value is -2.19. The number of ketones is 1. The number of nitrogens with zero attached hydrogens (tertiary/aromatic N) is 3. The highest BCUT2D eigenvalue weighted by atomic mass is 32.2. The minimum atomic E-state index is -3.34. The summed E-state index contributed by atoms with van der Waals surface area (Å²) in [5.74, 6) is -2.78. The zero-order valence-electron chi connectivity index (χ0n) is 22.0. The molecule has 1 aliphatic heterocycles. The molecule has 0 atom stereocenters. The SMILES string of the molecule is CCN(CC)CCCNCCCS(=O)(=O)N1CCC(Nc2nc(N)c(C(=O)c3c(F)cccc3F)s2)CC1. The Kier molecular flexibility index (Phi) is 11.4. The first-order valence-corrected chi connectivity index (χ1v) is 15.5. The van der Waals surface area contributed by atoms with Crippen molar-refractivity contribution < 1.29 is 22.0 Å². The van der Waals surface area contributed by atoms with Crippen molar-refractivity contribution in [2.75, 3.05) is 62.6 Å². The van der Waals surface area contributed by atoms with Crippen LogP contribution in [0.15, 0.2) is 18.2 Å². The summed E-state index contributed by atoms with van der Waals surface area (Å²) in [6.07, 6.45) is 2.72. The van der Waals surface area contributed by atoms with Gasteiger partial charge in [-0.3, -0.25) is 4.79 Å². The number of nitrogens with two attached hydrogens (primary N) is 1. The lowest BCUT2D eigenvalue weighted by molar-refractivity contribution is 0.103. The monoisotopic (exact) mass is 572 g/mol. The van der Waals surface area contributed by atoms with Gasteiger partial charge in [-0.15, -0.1) is 0 Å². The van der Waals surface area contributed by atoms with Crippen LogP contribution in [0.3, 0.4) is 0 Å². The summed E-state index contributed by atoms with van der Waals surface area (Å²) >= 11 is 0.931. The van der Waals surface area contributed by atoms with E-state index in [0.29, 0.717) is 44.0 Å². The Morgan fingerprint density at radius 1 is 1.16 bits per heavy atom. The van der Waals surface area contributed by atoms with Gasteiger partial charge in [-0.05, 0) is 70.5 Å². The molecule has 0 aliphatic carbocycles. The molecule has 4 N–H and O–H groups in total. The third-order valence-corrected chi connectivity index (χ3v) is 9.66. The van der Waals surface area contributed by atoms with Crippen molar-refractivity contribution in [3.63, 3.8) is 0 Å². The van der Waals surface area contributed by atoms with Gasteiger partial charge in [-0.25, -0.2) is 26.5 Å². The van der Waals surface area contributed by atoms with Crippen molar-refractivity contribution in [2.24, 2.45) is 0 Å². The molecule has 3 rings (SSSR count). The average Bonchev–Trinajstić information content (AvgIpc) is 3.25. The number of carbonyl (C=O) groups is 1. The number of piperidine rings is 1. The summed E-state index contributed by atoms with van der Waals surface area (Å²) in [7, 11) is -3.34. The molecule has 1 saturated heterocycles. The van der Waals surface area contributed by atoms with Crippen molar-refractivity contribution in [3.05, 3.63) is 40.3 Å². The van der Waals surface area contributed by atoms with Crippen molar-refractivity contribution in [2.45, 2.75) is 45.6 Å². The van der Waals surface area contributed by atoms with Crippen molar-refractivity contribution in [1.82, 2.24) is 19.5 Å². The summed E-state index contributed by atoms with van der Waals surface area (Å²) in [5, 5.41) is 6.88. The van der Waals surface area contributed by atoms with Crippen LogP contribution in [0.1, 0.15) is 54.8 Å². The highest BCUT2D eigenvalue weighted by Gasteiger charge is 2.29. The molecule has 0 amide bonds. The van der Waals surface area contributed by atoms with E-state index in [4.69, 9.17) is 5.73 Å². The molecule has 0 bridgehead atoms. The third-order valence-electron chi connectivity index (χ3n) is 6.70. The number of nitrogens with one attached hydrogen (secondary N) is 2. The third kappa shape index (κ3) is 8.15. The second kappa shape index (κ2) is 14.3. The van der Waals surface area contributed by atoms with Crippen LogP contribution in [0.4, 0.5) is 19.7 Å². The first-order chi connectivity index (χ1) is 18.2. The normalized spacial score (nSPS) is 15.3. The number of aromatic nitrogens is 1. The molecule has 1 aliphatic rings. The predicted molar refractivity (Wildman–Crippen MR) is 148 cm³/mol. The molecule has 1 aromatic carbocycles. The van der Waals surface area contributed by atoms with Gasteiger partial charge in [0.25, 0.3) is 0 Å². The van der Waals surface area contributed by atoms with E-state index in [1.54, 1.807) is 0 Å². The number of thiazole rings is 1. The van der Waals surface area contributed by atoms with E-state index in [1.807, 2.05) is 0 Å². The van der Waals surface area contributed by atoms with E-state index in [1.165, 1.54) is 10.4 Å². The molecule has 0 unspecified atom stereocenters. The Balaban J connectivity index is 1.43. The van der Waals surface area contributed by atoms with Crippen LogP contribution < -0.4 is 16.4 Å². The molecular formula is C25H38F2N6O3S2. The molecule has 0 radical (unpaired) electrons. The highest BCUT2D eigenvalue weighted by Crippen LogP contribution is 2.30. The van der Waals surface area contributed by atoms with Crippen LogP contribution in [0.25, 0.3) is 0 Å². The molecule has 2 heterocycles. The number of carbonyl (C=O) groups excluding carboxylic acids is 1. The Morgan fingerprint density at radius 2 is 1.79 bits per heavy atom. The maximum atomic E-state index is 14.0. The summed E-state index contributed by atoms with van der Waals surface area (Å²) in [6, 6.07) is 3.15. The molecule has 38 heavy (non-hydrogen) atoms. The molecule has 2 aromatic rings. The fourth-order valence-corrected chi connectivity index (χ4v) is 6.88. The molecular weight excluding hydrogens is 534 g/mol. The van der Waals surface area contributed by atoms with Gasteiger partial charge >= 0.3 is 0 Å². The maximum absolute atomic E-state index is 14.0. The molecule has 212 valence electrons. The second-order valence-electron chi connectivity index (χ2n) is 9.28. The first-order valence-electron chi connectivity index (χ1n) is 13.1. The van der Waals surface area contributed by atoms with Crippen LogP contribution in [0.2, 0.25) is 0 Å². The van der Waals surface area contributed by atoms with Gasteiger partial charge < -0.3 is 21.3 Å². The van der Waals surface area contributed by atoms with Gasteiger partial charge in [0.2, 0.25) is 15.8 Å². The van der Waals surface area contributed by atoms with Gasteiger partial charge in [0.05, 0.1) is 11.3 Å². The standard InChI is InChI=1S/C25H38F2N6O3S2/c1-3-32(4-2)14-6-12-29-13-7-17-38(35,36)33-15-10-18(11-16-33)30-25-31-24(28)23(37-25)22(34)21-19(26)8-5-9-20(21)27/h5,8-9,18,29H,3-4,6-7,10-17,28H2,1-2H3,(H,30,31). The topological polar surface area (TPSA) is 121 Å². The molecule has 9 nitrogen and oxygen atoms in total. The number of nitrogen functional groups attached to an aromatic ring is 1. The van der Waals surface area contributed by atoms with Crippen LogP contribution in [-0.2, 0) is 10.0 Å². The van der Waals surface area contributed by atoms with E-state index in [-0.39, 0.29) is 22.5 Å².